The van der Waals surface area contributed by atoms with Crippen LogP contribution in [0.1, 0.15) is 11.3 Å². The fraction of sp³-hybridized carbons (Fsp3) is 0.125. The molecular weight excluding hydrogens is 338 g/mol. The monoisotopic (exact) mass is 349 g/mol. The van der Waals surface area contributed by atoms with Crippen molar-refractivity contribution in [2.24, 2.45) is 4.99 Å². The number of nitrogens with zero attached hydrogens (tertiary/aromatic N) is 1. The lowest BCUT2D eigenvalue weighted by molar-refractivity contribution is -0.107. The molecule has 0 fully saturated rings. The van der Waals surface area contributed by atoms with E-state index in [4.69, 9.17) is 16.0 Å². The zero-order chi connectivity index (χ0) is 15.7. The summed E-state index contributed by atoms with van der Waals surface area (Å²) in [6, 6.07) is 9.45. The summed E-state index contributed by atoms with van der Waals surface area (Å²) < 4.78 is 6.53. The van der Waals surface area contributed by atoms with E-state index in [-0.39, 0.29) is 5.12 Å². The lowest BCUT2D eigenvalue weighted by atomic mass is 10.1. The summed E-state index contributed by atoms with van der Waals surface area (Å²) in [5.41, 5.74) is 2.34. The first-order chi connectivity index (χ1) is 10.6. The van der Waals surface area contributed by atoms with Crippen LogP contribution in [-0.2, 0) is 4.79 Å². The predicted molar refractivity (Wildman–Crippen MR) is 95.4 cm³/mol. The second-order valence-electron chi connectivity index (χ2n) is 4.67. The number of halogens is 1. The van der Waals surface area contributed by atoms with Crippen molar-refractivity contribution in [3.8, 4) is 11.3 Å². The van der Waals surface area contributed by atoms with Crippen LogP contribution in [0.5, 0.6) is 0 Å². The molecule has 0 spiro atoms. The Kier molecular flexibility index (Phi) is 4.47. The van der Waals surface area contributed by atoms with Gasteiger partial charge in [-0.25, -0.2) is 4.99 Å². The van der Waals surface area contributed by atoms with Gasteiger partial charge in [-0.3, -0.25) is 4.79 Å². The van der Waals surface area contributed by atoms with E-state index in [0.717, 1.165) is 27.3 Å². The van der Waals surface area contributed by atoms with Crippen LogP contribution in [0.4, 0.5) is 0 Å². The van der Waals surface area contributed by atoms with Gasteiger partial charge in [0.2, 0.25) is 5.12 Å². The molecule has 1 aliphatic heterocycles. The highest BCUT2D eigenvalue weighted by atomic mass is 35.5. The van der Waals surface area contributed by atoms with Crippen LogP contribution in [-0.4, -0.2) is 15.7 Å². The predicted octanol–water partition coefficient (Wildman–Crippen LogP) is 5.24. The molecule has 0 unspecified atom stereocenters. The van der Waals surface area contributed by atoms with Gasteiger partial charge in [-0.1, -0.05) is 23.7 Å². The Morgan fingerprint density at radius 2 is 2.14 bits per heavy atom. The van der Waals surface area contributed by atoms with Crippen molar-refractivity contribution >= 4 is 50.7 Å². The highest BCUT2D eigenvalue weighted by molar-refractivity contribution is 8.45. The van der Waals surface area contributed by atoms with Crippen molar-refractivity contribution in [1.29, 1.82) is 0 Å². The Morgan fingerprint density at radius 1 is 1.32 bits per heavy atom. The van der Waals surface area contributed by atoms with Gasteiger partial charge < -0.3 is 4.42 Å². The lowest BCUT2D eigenvalue weighted by Gasteiger charge is -2.00. The molecular formula is C16H12ClNO2S2. The standard InChI is InChI=1S/C16H12ClNO2S2/c1-9-3-4-10(7-12(9)17)14-6-5-11(20-14)8-13-15(19)22-16(18-13)21-2/h3-8H,1-2H3/b13-8-. The third-order valence-corrected chi connectivity index (χ3v) is 5.40. The Labute approximate surface area is 141 Å². The van der Waals surface area contributed by atoms with Crippen molar-refractivity contribution in [3.63, 3.8) is 0 Å². The topological polar surface area (TPSA) is 42.6 Å². The molecule has 6 heteroatoms. The van der Waals surface area contributed by atoms with Gasteiger partial charge in [0.05, 0.1) is 0 Å². The number of aryl methyl sites for hydroxylation is 1. The van der Waals surface area contributed by atoms with Crippen LogP contribution in [0.25, 0.3) is 17.4 Å². The quantitative estimate of drug-likeness (QED) is 0.695. The lowest BCUT2D eigenvalue weighted by Crippen LogP contribution is -1.86. The maximum atomic E-state index is 11.8. The Bertz CT molecular complexity index is 808. The summed E-state index contributed by atoms with van der Waals surface area (Å²) in [6.45, 7) is 1.95. The van der Waals surface area contributed by atoms with Crippen molar-refractivity contribution in [1.82, 2.24) is 0 Å². The summed E-state index contributed by atoms with van der Waals surface area (Å²) in [4.78, 5) is 16.1. The SMILES string of the molecule is CSC1=N/C(=C\c2ccc(-c3ccc(C)c(Cl)c3)o2)C(=O)S1. The van der Waals surface area contributed by atoms with Crippen LogP contribution in [0.2, 0.25) is 5.02 Å². The number of carbonyl (C=O) groups is 1. The van der Waals surface area contributed by atoms with Crippen LogP contribution in [0, 0.1) is 6.92 Å². The number of hydrogen-bond acceptors (Lipinski definition) is 5. The summed E-state index contributed by atoms with van der Waals surface area (Å²) >= 11 is 8.75. The van der Waals surface area contributed by atoms with Crippen LogP contribution < -0.4 is 0 Å². The third-order valence-electron chi connectivity index (χ3n) is 3.14. The van der Waals surface area contributed by atoms with Crippen molar-refractivity contribution < 1.29 is 9.21 Å². The first-order valence-corrected chi connectivity index (χ1v) is 8.91. The third kappa shape index (κ3) is 3.16. The summed E-state index contributed by atoms with van der Waals surface area (Å²) in [6.07, 6.45) is 3.56. The normalized spacial score (nSPS) is 16.4. The van der Waals surface area contributed by atoms with Crippen molar-refractivity contribution in [3.05, 3.63) is 52.4 Å². The van der Waals surface area contributed by atoms with Crippen molar-refractivity contribution in [2.45, 2.75) is 6.92 Å². The van der Waals surface area contributed by atoms with E-state index in [9.17, 15) is 4.79 Å². The van der Waals surface area contributed by atoms with Crippen molar-refractivity contribution in [2.75, 3.05) is 6.26 Å². The van der Waals surface area contributed by atoms with Gasteiger partial charge in [0.1, 0.15) is 21.6 Å². The Balaban J connectivity index is 1.89. The molecule has 3 rings (SSSR count). The number of thioether (sulfide) groups is 2. The van der Waals surface area contributed by atoms with Gasteiger partial charge in [-0.15, -0.1) is 11.8 Å². The molecule has 1 aromatic carbocycles. The first-order valence-electron chi connectivity index (χ1n) is 6.50. The molecule has 2 heterocycles. The minimum absolute atomic E-state index is 0.0549. The van der Waals surface area contributed by atoms with Gasteiger partial charge in [-0.2, -0.15) is 0 Å². The zero-order valence-corrected chi connectivity index (χ0v) is 14.3. The first kappa shape index (κ1) is 15.5. The average molecular weight is 350 g/mol. The van der Waals surface area contributed by atoms with Crippen LogP contribution >= 0.6 is 35.1 Å². The Hall–Kier alpha value is -1.43. The number of aliphatic imine (C=N–C) groups is 1. The summed E-state index contributed by atoms with van der Waals surface area (Å²) in [5, 5.41) is 0.645. The van der Waals surface area contributed by atoms with Gasteiger partial charge >= 0.3 is 0 Å². The van der Waals surface area contributed by atoms with E-state index in [1.165, 1.54) is 11.8 Å². The number of furan rings is 1. The molecule has 1 aromatic heterocycles. The second kappa shape index (κ2) is 6.36. The van der Waals surface area contributed by atoms with E-state index in [2.05, 4.69) is 4.99 Å². The average Bonchev–Trinajstić information content (AvgIpc) is 3.10. The fourth-order valence-corrected chi connectivity index (χ4v) is 3.39. The maximum absolute atomic E-state index is 11.8. The number of benzene rings is 1. The van der Waals surface area contributed by atoms with E-state index in [1.807, 2.05) is 43.5 Å². The molecule has 112 valence electrons. The smallest absolute Gasteiger partial charge is 0.244 e. The minimum atomic E-state index is -0.0549. The van der Waals surface area contributed by atoms with E-state index >= 15 is 0 Å². The summed E-state index contributed by atoms with van der Waals surface area (Å²) in [7, 11) is 0. The number of rotatable bonds is 2. The Morgan fingerprint density at radius 3 is 2.82 bits per heavy atom. The molecule has 0 atom stereocenters. The van der Waals surface area contributed by atoms with E-state index in [0.29, 0.717) is 22.2 Å². The van der Waals surface area contributed by atoms with E-state index in [1.54, 1.807) is 6.08 Å². The van der Waals surface area contributed by atoms with Crippen LogP contribution in [0.15, 0.2) is 45.4 Å². The number of hydrogen-bond donors (Lipinski definition) is 0. The molecule has 0 radical (unpaired) electrons. The number of carbonyl (C=O) groups excluding carboxylic acids is 1. The highest BCUT2D eigenvalue weighted by Crippen LogP contribution is 2.31. The highest BCUT2D eigenvalue weighted by Gasteiger charge is 2.21. The largest absolute Gasteiger partial charge is 0.457 e. The van der Waals surface area contributed by atoms with E-state index < -0.39 is 0 Å². The van der Waals surface area contributed by atoms with Gasteiger partial charge in [0.25, 0.3) is 0 Å². The van der Waals surface area contributed by atoms with Gasteiger partial charge in [0.15, 0.2) is 0 Å². The van der Waals surface area contributed by atoms with Crippen LogP contribution in [0.3, 0.4) is 0 Å². The molecule has 0 amide bonds. The molecule has 0 bridgehead atoms. The molecule has 0 aliphatic carbocycles. The molecule has 22 heavy (non-hydrogen) atoms. The molecule has 3 nitrogen and oxygen atoms in total. The molecule has 0 saturated heterocycles. The molecule has 2 aromatic rings. The molecule has 0 saturated carbocycles. The van der Waals surface area contributed by atoms with Gasteiger partial charge in [-0.05, 0) is 48.7 Å². The van der Waals surface area contributed by atoms with Gasteiger partial charge in [0, 0.05) is 16.7 Å². The molecule has 0 N–H and O–H groups in total. The minimum Gasteiger partial charge on any atom is -0.457 e. The fourth-order valence-electron chi connectivity index (χ4n) is 1.94. The second-order valence-corrected chi connectivity index (χ2v) is 7.09. The molecule has 1 aliphatic rings. The maximum Gasteiger partial charge on any atom is 0.244 e. The zero-order valence-electron chi connectivity index (χ0n) is 11.9. The summed E-state index contributed by atoms with van der Waals surface area (Å²) in [5.74, 6) is 1.31.